The standard InChI is InChI=1S/C14H25N3O2/c1-11(15)9-14(18)17(8-7-16(3)4)10-13-6-5-12(2)19-13/h5-6,11H,7-10,15H2,1-4H3. The highest BCUT2D eigenvalue weighted by molar-refractivity contribution is 5.76. The molecule has 1 aromatic heterocycles. The van der Waals surface area contributed by atoms with Crippen LogP contribution in [-0.4, -0.2) is 48.9 Å². The van der Waals surface area contributed by atoms with Crippen molar-refractivity contribution >= 4 is 5.91 Å². The van der Waals surface area contributed by atoms with Crippen LogP contribution in [0.1, 0.15) is 24.9 Å². The third kappa shape index (κ3) is 5.89. The third-order valence-corrected chi connectivity index (χ3v) is 2.81. The van der Waals surface area contributed by atoms with Crippen LogP contribution >= 0.6 is 0 Å². The molecule has 0 aromatic carbocycles. The minimum Gasteiger partial charge on any atom is -0.464 e. The number of aryl methyl sites for hydroxylation is 1. The molecule has 1 aromatic rings. The van der Waals surface area contributed by atoms with Gasteiger partial charge in [0, 0.05) is 25.6 Å². The predicted molar refractivity (Wildman–Crippen MR) is 75.7 cm³/mol. The second-order valence-electron chi connectivity index (χ2n) is 5.31. The van der Waals surface area contributed by atoms with Gasteiger partial charge in [-0.1, -0.05) is 0 Å². The number of carbonyl (C=O) groups excluding carboxylic acids is 1. The third-order valence-electron chi connectivity index (χ3n) is 2.81. The average Bonchev–Trinajstić information content (AvgIpc) is 2.68. The molecule has 0 aliphatic carbocycles. The van der Waals surface area contributed by atoms with Crippen molar-refractivity contribution in [3.63, 3.8) is 0 Å². The van der Waals surface area contributed by atoms with Crippen LogP contribution in [0.3, 0.4) is 0 Å². The van der Waals surface area contributed by atoms with Crippen molar-refractivity contribution in [2.24, 2.45) is 5.73 Å². The number of amides is 1. The lowest BCUT2D eigenvalue weighted by Gasteiger charge is -2.24. The minimum atomic E-state index is -0.118. The van der Waals surface area contributed by atoms with Crippen molar-refractivity contribution in [1.29, 1.82) is 0 Å². The summed E-state index contributed by atoms with van der Waals surface area (Å²) < 4.78 is 5.54. The Balaban J connectivity index is 2.65. The summed E-state index contributed by atoms with van der Waals surface area (Å²) in [4.78, 5) is 16.0. The van der Waals surface area contributed by atoms with Gasteiger partial charge >= 0.3 is 0 Å². The molecule has 108 valence electrons. The van der Waals surface area contributed by atoms with Gasteiger partial charge in [0.05, 0.1) is 6.54 Å². The van der Waals surface area contributed by atoms with Crippen molar-refractivity contribution in [1.82, 2.24) is 9.80 Å². The molecule has 2 N–H and O–H groups in total. The first-order valence-corrected chi connectivity index (χ1v) is 6.62. The summed E-state index contributed by atoms with van der Waals surface area (Å²) in [7, 11) is 3.98. The molecular formula is C14H25N3O2. The van der Waals surface area contributed by atoms with Crippen molar-refractivity contribution < 1.29 is 9.21 Å². The summed E-state index contributed by atoms with van der Waals surface area (Å²) in [5, 5.41) is 0. The van der Waals surface area contributed by atoms with E-state index >= 15 is 0 Å². The maximum absolute atomic E-state index is 12.2. The molecule has 0 aliphatic heterocycles. The number of carbonyl (C=O) groups is 1. The first kappa shape index (κ1) is 15.7. The molecule has 1 heterocycles. The molecule has 0 aliphatic rings. The fourth-order valence-corrected chi connectivity index (χ4v) is 1.78. The van der Waals surface area contributed by atoms with E-state index in [1.54, 1.807) is 0 Å². The molecular weight excluding hydrogens is 242 g/mol. The maximum Gasteiger partial charge on any atom is 0.224 e. The van der Waals surface area contributed by atoms with Crippen molar-refractivity contribution in [3.8, 4) is 0 Å². The van der Waals surface area contributed by atoms with Crippen LogP contribution in [0.5, 0.6) is 0 Å². The van der Waals surface area contributed by atoms with Crippen LogP contribution in [0.4, 0.5) is 0 Å². The highest BCUT2D eigenvalue weighted by Crippen LogP contribution is 2.11. The van der Waals surface area contributed by atoms with Crippen LogP contribution in [0.2, 0.25) is 0 Å². The van der Waals surface area contributed by atoms with Crippen LogP contribution in [0.25, 0.3) is 0 Å². The molecule has 0 fully saturated rings. The van der Waals surface area contributed by atoms with E-state index in [0.29, 0.717) is 19.5 Å². The lowest BCUT2D eigenvalue weighted by Crippen LogP contribution is -2.38. The molecule has 0 spiro atoms. The zero-order valence-corrected chi connectivity index (χ0v) is 12.3. The Morgan fingerprint density at radius 1 is 1.37 bits per heavy atom. The number of hydrogen-bond acceptors (Lipinski definition) is 4. The van der Waals surface area contributed by atoms with Crippen LogP contribution < -0.4 is 5.73 Å². The maximum atomic E-state index is 12.2. The highest BCUT2D eigenvalue weighted by Gasteiger charge is 2.17. The van der Waals surface area contributed by atoms with Gasteiger partial charge in [-0.05, 0) is 40.1 Å². The van der Waals surface area contributed by atoms with Gasteiger partial charge in [0.25, 0.3) is 0 Å². The molecule has 0 radical (unpaired) electrons. The lowest BCUT2D eigenvalue weighted by molar-refractivity contribution is -0.132. The summed E-state index contributed by atoms with van der Waals surface area (Å²) >= 11 is 0. The van der Waals surface area contributed by atoms with Crippen LogP contribution in [0, 0.1) is 6.92 Å². The second-order valence-corrected chi connectivity index (χ2v) is 5.31. The average molecular weight is 267 g/mol. The first-order chi connectivity index (χ1) is 8.88. The van der Waals surface area contributed by atoms with E-state index in [1.807, 2.05) is 45.0 Å². The van der Waals surface area contributed by atoms with Gasteiger partial charge in [0.2, 0.25) is 5.91 Å². The van der Waals surface area contributed by atoms with Gasteiger partial charge in [-0.25, -0.2) is 0 Å². The van der Waals surface area contributed by atoms with Gasteiger partial charge in [0.1, 0.15) is 11.5 Å². The smallest absolute Gasteiger partial charge is 0.224 e. The molecule has 1 amide bonds. The summed E-state index contributed by atoms with van der Waals surface area (Å²) in [6.45, 7) is 5.76. The predicted octanol–water partition coefficient (Wildman–Crippen LogP) is 1.22. The summed E-state index contributed by atoms with van der Waals surface area (Å²) in [5.74, 6) is 1.75. The Bertz CT molecular complexity index is 399. The molecule has 5 heteroatoms. The van der Waals surface area contributed by atoms with Crippen molar-refractivity contribution in [2.75, 3.05) is 27.2 Å². The van der Waals surface area contributed by atoms with Gasteiger partial charge in [-0.2, -0.15) is 0 Å². The normalized spacial score (nSPS) is 12.7. The zero-order chi connectivity index (χ0) is 14.4. The van der Waals surface area contributed by atoms with E-state index in [1.165, 1.54) is 0 Å². The monoisotopic (exact) mass is 267 g/mol. The van der Waals surface area contributed by atoms with Crippen LogP contribution in [-0.2, 0) is 11.3 Å². The molecule has 0 bridgehead atoms. The molecule has 0 saturated heterocycles. The first-order valence-electron chi connectivity index (χ1n) is 6.62. The summed E-state index contributed by atoms with van der Waals surface area (Å²) in [6, 6.07) is 3.71. The van der Waals surface area contributed by atoms with E-state index in [-0.39, 0.29) is 11.9 Å². The lowest BCUT2D eigenvalue weighted by atomic mass is 10.2. The highest BCUT2D eigenvalue weighted by atomic mass is 16.3. The Hall–Kier alpha value is -1.33. The fraction of sp³-hybridized carbons (Fsp3) is 0.643. The zero-order valence-electron chi connectivity index (χ0n) is 12.3. The molecule has 1 atom stereocenters. The number of likely N-dealkylation sites (N-methyl/N-ethyl adjacent to an activating group) is 1. The van der Waals surface area contributed by atoms with Gasteiger partial charge in [-0.3, -0.25) is 4.79 Å². The summed E-state index contributed by atoms with van der Waals surface area (Å²) in [5.41, 5.74) is 5.70. The molecule has 1 unspecified atom stereocenters. The van der Waals surface area contributed by atoms with Crippen molar-refractivity contribution in [2.45, 2.75) is 32.9 Å². The Labute approximate surface area is 115 Å². The fourth-order valence-electron chi connectivity index (χ4n) is 1.78. The van der Waals surface area contributed by atoms with Gasteiger partial charge < -0.3 is 20.0 Å². The van der Waals surface area contributed by atoms with E-state index in [0.717, 1.165) is 18.1 Å². The second kappa shape index (κ2) is 7.31. The largest absolute Gasteiger partial charge is 0.464 e. The number of nitrogens with two attached hydrogens (primary N) is 1. The summed E-state index contributed by atoms with van der Waals surface area (Å²) in [6.07, 6.45) is 0.368. The molecule has 0 saturated carbocycles. The van der Waals surface area contributed by atoms with Crippen molar-refractivity contribution in [3.05, 3.63) is 23.7 Å². The molecule has 1 rings (SSSR count). The van der Waals surface area contributed by atoms with Gasteiger partial charge in [0.15, 0.2) is 0 Å². The Morgan fingerprint density at radius 3 is 2.53 bits per heavy atom. The number of nitrogens with zero attached hydrogens (tertiary/aromatic N) is 2. The van der Waals surface area contributed by atoms with E-state index < -0.39 is 0 Å². The van der Waals surface area contributed by atoms with E-state index in [4.69, 9.17) is 10.2 Å². The molecule has 5 nitrogen and oxygen atoms in total. The number of hydrogen-bond donors (Lipinski definition) is 1. The SMILES string of the molecule is Cc1ccc(CN(CCN(C)C)C(=O)CC(C)N)o1. The van der Waals surface area contributed by atoms with Gasteiger partial charge in [-0.15, -0.1) is 0 Å². The quantitative estimate of drug-likeness (QED) is 0.806. The number of rotatable bonds is 7. The number of furan rings is 1. The van der Waals surface area contributed by atoms with E-state index in [2.05, 4.69) is 4.90 Å². The Morgan fingerprint density at radius 2 is 2.05 bits per heavy atom. The molecule has 19 heavy (non-hydrogen) atoms. The topological polar surface area (TPSA) is 62.7 Å². The van der Waals surface area contributed by atoms with E-state index in [9.17, 15) is 4.79 Å². The Kier molecular flexibility index (Phi) is 6.05. The van der Waals surface area contributed by atoms with Crippen LogP contribution in [0.15, 0.2) is 16.5 Å². The minimum absolute atomic E-state index is 0.0749.